The molecule has 0 bridgehead atoms. The standard InChI is InChI=1S/C25H25ClN4O5S/c26-19-9-15(12-27-23(19)34-13-14-3-1-2-4-14)30-20-11-21-17(10-18(20)25(7-8-25)24(30)31)22(28-35-21)29-36(32,33)16-5-6-16/h9-12,14,16H,1-8,13H2,(H,28,29). The minimum Gasteiger partial charge on any atom is -0.476 e. The molecule has 4 aliphatic rings. The summed E-state index contributed by atoms with van der Waals surface area (Å²) in [6, 6.07) is 5.29. The molecule has 1 aromatic carbocycles. The first kappa shape index (κ1) is 22.4. The van der Waals surface area contributed by atoms with Crippen LogP contribution in [0.2, 0.25) is 5.02 Å². The first-order valence-corrected chi connectivity index (χ1v) is 14.4. The first-order chi connectivity index (χ1) is 17.4. The molecule has 0 unspecified atom stereocenters. The summed E-state index contributed by atoms with van der Waals surface area (Å²) in [4.78, 5) is 19.7. The Morgan fingerprint density at radius 3 is 2.64 bits per heavy atom. The number of sulfonamides is 1. The molecule has 36 heavy (non-hydrogen) atoms. The molecule has 1 spiro atoms. The van der Waals surface area contributed by atoms with Gasteiger partial charge in [0.2, 0.25) is 21.8 Å². The van der Waals surface area contributed by atoms with E-state index in [0.717, 1.165) is 31.2 Å². The van der Waals surface area contributed by atoms with Crippen molar-refractivity contribution in [2.75, 3.05) is 16.2 Å². The summed E-state index contributed by atoms with van der Waals surface area (Å²) >= 11 is 6.53. The molecule has 9 nitrogen and oxygen atoms in total. The highest BCUT2D eigenvalue weighted by Crippen LogP contribution is 2.60. The average molecular weight is 529 g/mol. The molecule has 7 rings (SSSR count). The van der Waals surface area contributed by atoms with Crippen molar-refractivity contribution < 1.29 is 22.5 Å². The largest absolute Gasteiger partial charge is 0.476 e. The Morgan fingerprint density at radius 2 is 1.94 bits per heavy atom. The van der Waals surface area contributed by atoms with Crippen molar-refractivity contribution >= 4 is 55.7 Å². The minimum absolute atomic E-state index is 0.0456. The summed E-state index contributed by atoms with van der Waals surface area (Å²) in [5, 5.41) is 4.50. The van der Waals surface area contributed by atoms with E-state index in [1.54, 1.807) is 23.2 Å². The number of carbonyl (C=O) groups excluding carboxylic acids is 1. The number of nitrogens with one attached hydrogen (secondary N) is 1. The smallest absolute Gasteiger partial charge is 0.242 e. The lowest BCUT2D eigenvalue weighted by atomic mass is 9.96. The van der Waals surface area contributed by atoms with Crippen molar-refractivity contribution in [1.82, 2.24) is 10.1 Å². The highest BCUT2D eigenvalue weighted by Gasteiger charge is 2.60. The van der Waals surface area contributed by atoms with E-state index in [-0.39, 0.29) is 17.0 Å². The number of pyridine rings is 1. The summed E-state index contributed by atoms with van der Waals surface area (Å²) in [5.41, 5.74) is 1.84. The number of ether oxygens (including phenoxy) is 1. The van der Waals surface area contributed by atoms with Crippen LogP contribution in [-0.2, 0) is 20.2 Å². The van der Waals surface area contributed by atoms with E-state index in [4.69, 9.17) is 20.9 Å². The van der Waals surface area contributed by atoms with Crippen molar-refractivity contribution in [3.05, 3.63) is 35.0 Å². The van der Waals surface area contributed by atoms with E-state index in [0.29, 0.717) is 58.6 Å². The van der Waals surface area contributed by atoms with Crippen LogP contribution in [0.3, 0.4) is 0 Å². The minimum atomic E-state index is -3.50. The molecule has 188 valence electrons. The van der Waals surface area contributed by atoms with Gasteiger partial charge >= 0.3 is 0 Å². The molecule has 3 fully saturated rings. The van der Waals surface area contributed by atoms with Crippen molar-refractivity contribution in [2.45, 2.75) is 62.0 Å². The van der Waals surface area contributed by atoms with E-state index < -0.39 is 15.4 Å². The lowest BCUT2D eigenvalue weighted by molar-refractivity contribution is -0.119. The van der Waals surface area contributed by atoms with E-state index in [1.807, 2.05) is 6.07 Å². The number of nitrogens with zero attached hydrogens (tertiary/aromatic N) is 3. The van der Waals surface area contributed by atoms with Crippen molar-refractivity contribution in [2.24, 2.45) is 5.92 Å². The fourth-order valence-electron chi connectivity index (χ4n) is 5.53. The third-order valence-electron chi connectivity index (χ3n) is 7.89. The number of fused-ring (bicyclic) bond motifs is 3. The van der Waals surface area contributed by atoms with Crippen LogP contribution in [0.4, 0.5) is 17.2 Å². The Labute approximate surface area is 213 Å². The van der Waals surface area contributed by atoms with Gasteiger partial charge in [-0.2, -0.15) is 0 Å². The van der Waals surface area contributed by atoms with Gasteiger partial charge in [0.05, 0.1) is 40.2 Å². The second-order valence-electron chi connectivity index (χ2n) is 10.4. The number of aromatic nitrogens is 2. The van der Waals surface area contributed by atoms with Crippen LogP contribution < -0.4 is 14.4 Å². The molecule has 11 heteroatoms. The van der Waals surface area contributed by atoms with Gasteiger partial charge < -0.3 is 9.26 Å². The second-order valence-corrected chi connectivity index (χ2v) is 12.8. The Kier molecular flexibility index (Phi) is 4.86. The van der Waals surface area contributed by atoms with Crippen molar-refractivity contribution in [3.8, 4) is 5.88 Å². The van der Waals surface area contributed by atoms with Gasteiger partial charge in [-0.05, 0) is 62.1 Å². The van der Waals surface area contributed by atoms with Gasteiger partial charge in [-0.1, -0.05) is 29.6 Å². The Hall–Kier alpha value is -2.85. The lowest BCUT2D eigenvalue weighted by Crippen LogP contribution is -2.28. The molecule has 0 atom stereocenters. The molecule has 0 radical (unpaired) electrons. The predicted molar refractivity (Wildman–Crippen MR) is 134 cm³/mol. The topological polar surface area (TPSA) is 115 Å². The van der Waals surface area contributed by atoms with Crippen LogP contribution in [0.1, 0.15) is 56.9 Å². The molecule has 3 heterocycles. The van der Waals surface area contributed by atoms with Gasteiger partial charge in [-0.3, -0.25) is 14.4 Å². The number of rotatable bonds is 7. The fourth-order valence-corrected chi connectivity index (χ4v) is 7.09. The van der Waals surface area contributed by atoms with Crippen LogP contribution in [0, 0.1) is 5.92 Å². The van der Waals surface area contributed by atoms with Gasteiger partial charge in [0, 0.05) is 6.07 Å². The molecule has 3 aromatic rings. The normalized spacial score (nSPS) is 20.9. The number of hydrogen-bond acceptors (Lipinski definition) is 7. The molecule has 2 aromatic heterocycles. The number of hydrogen-bond donors (Lipinski definition) is 1. The summed E-state index contributed by atoms with van der Waals surface area (Å²) in [7, 11) is -3.50. The zero-order chi connectivity index (χ0) is 24.7. The summed E-state index contributed by atoms with van der Waals surface area (Å²) in [6.07, 6.45) is 9.14. The van der Waals surface area contributed by atoms with Crippen molar-refractivity contribution in [1.29, 1.82) is 0 Å². The molecule has 1 aliphatic heterocycles. The maximum Gasteiger partial charge on any atom is 0.242 e. The quantitative estimate of drug-likeness (QED) is 0.455. The molecular formula is C25H25ClN4O5S. The van der Waals surface area contributed by atoms with Gasteiger partial charge in [-0.25, -0.2) is 13.4 Å². The van der Waals surface area contributed by atoms with Crippen LogP contribution in [0.25, 0.3) is 11.0 Å². The average Bonchev–Trinajstić information content (AvgIpc) is 3.76. The van der Waals surface area contributed by atoms with Gasteiger partial charge in [0.15, 0.2) is 11.4 Å². The number of amides is 1. The predicted octanol–water partition coefficient (Wildman–Crippen LogP) is 5.06. The van der Waals surface area contributed by atoms with Gasteiger partial charge in [0.1, 0.15) is 5.02 Å². The molecular weight excluding hydrogens is 504 g/mol. The lowest BCUT2D eigenvalue weighted by Gasteiger charge is -2.19. The first-order valence-electron chi connectivity index (χ1n) is 12.4. The van der Waals surface area contributed by atoms with Crippen molar-refractivity contribution in [3.63, 3.8) is 0 Å². The monoisotopic (exact) mass is 528 g/mol. The Balaban J connectivity index is 1.22. The van der Waals surface area contributed by atoms with E-state index in [9.17, 15) is 13.2 Å². The number of halogens is 1. The Morgan fingerprint density at radius 1 is 1.17 bits per heavy atom. The summed E-state index contributed by atoms with van der Waals surface area (Å²) in [6.45, 7) is 0.594. The number of carbonyl (C=O) groups is 1. The van der Waals surface area contributed by atoms with Gasteiger partial charge in [0.25, 0.3) is 0 Å². The zero-order valence-corrected chi connectivity index (χ0v) is 21.1. The maximum absolute atomic E-state index is 13.6. The van der Waals surface area contributed by atoms with Gasteiger partial charge in [-0.15, -0.1) is 0 Å². The van der Waals surface area contributed by atoms with Crippen LogP contribution in [0.15, 0.2) is 28.9 Å². The Bertz CT molecular complexity index is 1510. The third-order valence-corrected chi connectivity index (χ3v) is 9.99. The zero-order valence-electron chi connectivity index (χ0n) is 19.5. The van der Waals surface area contributed by atoms with E-state index in [2.05, 4.69) is 14.9 Å². The second kappa shape index (κ2) is 7.82. The fraction of sp³-hybridized carbons (Fsp3) is 0.480. The molecule has 3 aliphatic carbocycles. The number of benzene rings is 1. The highest BCUT2D eigenvalue weighted by atomic mass is 35.5. The SMILES string of the molecule is O=C1N(c2cnc(OCC3CCCC3)c(Cl)c2)c2cc3onc(NS(=O)(=O)C4CC4)c3cc2C12CC2. The highest BCUT2D eigenvalue weighted by molar-refractivity contribution is 7.93. The van der Waals surface area contributed by atoms with E-state index >= 15 is 0 Å². The van der Waals surface area contributed by atoms with Crippen LogP contribution >= 0.6 is 11.6 Å². The third kappa shape index (κ3) is 3.48. The summed E-state index contributed by atoms with van der Waals surface area (Å²) in [5.74, 6) is 1.02. The summed E-state index contributed by atoms with van der Waals surface area (Å²) < 4.78 is 38.9. The molecule has 0 saturated heterocycles. The number of anilines is 3. The molecule has 1 amide bonds. The molecule has 1 N–H and O–H groups in total. The molecule has 3 saturated carbocycles. The van der Waals surface area contributed by atoms with E-state index in [1.165, 1.54) is 12.8 Å². The van der Waals surface area contributed by atoms with Crippen LogP contribution in [-0.4, -0.2) is 36.3 Å². The maximum atomic E-state index is 13.6. The van der Waals surface area contributed by atoms with Crippen LogP contribution in [0.5, 0.6) is 5.88 Å².